The zero-order chi connectivity index (χ0) is 17.1. The molecule has 0 N–H and O–H groups in total. The number of halogens is 1. The van der Waals surface area contributed by atoms with Gasteiger partial charge in [0.15, 0.2) is 0 Å². The molecule has 1 saturated heterocycles. The second-order valence-corrected chi connectivity index (χ2v) is 7.61. The molecule has 2 aromatic rings. The zero-order valence-corrected chi connectivity index (χ0v) is 16.0. The summed E-state index contributed by atoms with van der Waals surface area (Å²) in [7, 11) is 1.61. The number of methoxy groups -OCH3 is 1. The molecular weight excluding hydrogens is 408 g/mol. The molecular formula is C17H13BrN2O2S2. The molecule has 0 aliphatic carbocycles. The van der Waals surface area contributed by atoms with Crippen LogP contribution in [0.5, 0.6) is 5.75 Å². The van der Waals surface area contributed by atoms with Crippen molar-refractivity contribution in [1.29, 1.82) is 0 Å². The topological polar surface area (TPSA) is 42.4 Å². The van der Waals surface area contributed by atoms with Gasteiger partial charge >= 0.3 is 0 Å². The third-order valence-electron chi connectivity index (χ3n) is 3.42. The molecule has 1 aliphatic heterocycles. The quantitative estimate of drug-likeness (QED) is 0.546. The van der Waals surface area contributed by atoms with Gasteiger partial charge in [0.2, 0.25) is 0 Å². The maximum Gasteiger partial charge on any atom is 0.266 e. The molecule has 0 bridgehead atoms. The first-order chi connectivity index (χ1) is 11.6. The van der Waals surface area contributed by atoms with Crippen LogP contribution in [0, 0.1) is 0 Å². The molecule has 1 amide bonds. The summed E-state index contributed by atoms with van der Waals surface area (Å²) >= 11 is 10.1. The largest absolute Gasteiger partial charge is 0.496 e. The van der Waals surface area contributed by atoms with Crippen molar-refractivity contribution >= 4 is 56.2 Å². The van der Waals surface area contributed by atoms with E-state index in [1.165, 1.54) is 11.8 Å². The minimum absolute atomic E-state index is 0.101. The first-order valence-electron chi connectivity index (χ1n) is 7.06. The van der Waals surface area contributed by atoms with Gasteiger partial charge in [0.25, 0.3) is 5.91 Å². The lowest BCUT2D eigenvalue weighted by Crippen LogP contribution is -2.27. The van der Waals surface area contributed by atoms with Gasteiger partial charge in [-0.05, 0) is 35.9 Å². The molecule has 0 radical (unpaired) electrons. The fraction of sp³-hybridized carbons (Fsp3) is 0.118. The van der Waals surface area contributed by atoms with E-state index in [2.05, 4.69) is 20.9 Å². The Morgan fingerprint density at radius 3 is 2.96 bits per heavy atom. The Kier molecular flexibility index (Phi) is 5.33. The first kappa shape index (κ1) is 17.1. The van der Waals surface area contributed by atoms with Gasteiger partial charge in [-0.1, -0.05) is 46.0 Å². The molecule has 1 aromatic heterocycles. The summed E-state index contributed by atoms with van der Waals surface area (Å²) in [4.78, 5) is 18.9. The second kappa shape index (κ2) is 7.46. The van der Waals surface area contributed by atoms with E-state index in [-0.39, 0.29) is 5.91 Å². The van der Waals surface area contributed by atoms with E-state index in [1.807, 2.05) is 36.4 Å². The van der Waals surface area contributed by atoms with Crippen molar-refractivity contribution in [3.8, 4) is 5.75 Å². The number of nitrogens with zero attached hydrogens (tertiary/aromatic N) is 2. The smallest absolute Gasteiger partial charge is 0.266 e. The highest BCUT2D eigenvalue weighted by atomic mass is 79.9. The lowest BCUT2D eigenvalue weighted by atomic mass is 10.2. The van der Waals surface area contributed by atoms with Crippen molar-refractivity contribution < 1.29 is 9.53 Å². The van der Waals surface area contributed by atoms with Crippen LogP contribution in [0.2, 0.25) is 0 Å². The molecule has 2 heterocycles. The number of amides is 1. The number of thiocarbonyl (C=S) groups is 1. The molecule has 0 saturated carbocycles. The van der Waals surface area contributed by atoms with Crippen molar-refractivity contribution in [3.63, 3.8) is 0 Å². The number of aromatic nitrogens is 1. The van der Waals surface area contributed by atoms with Crippen LogP contribution < -0.4 is 4.74 Å². The number of rotatable bonds is 4. The van der Waals surface area contributed by atoms with Crippen LogP contribution in [-0.4, -0.2) is 27.2 Å². The fourth-order valence-electron chi connectivity index (χ4n) is 2.27. The van der Waals surface area contributed by atoms with Crippen molar-refractivity contribution in [2.75, 3.05) is 7.11 Å². The van der Waals surface area contributed by atoms with Gasteiger partial charge in [0, 0.05) is 22.4 Å². The monoisotopic (exact) mass is 420 g/mol. The maximum atomic E-state index is 12.7. The molecule has 24 heavy (non-hydrogen) atoms. The molecule has 0 unspecified atom stereocenters. The molecule has 0 atom stereocenters. The molecule has 1 aromatic carbocycles. The van der Waals surface area contributed by atoms with E-state index < -0.39 is 0 Å². The number of pyridine rings is 1. The van der Waals surface area contributed by atoms with Crippen LogP contribution in [0.3, 0.4) is 0 Å². The highest BCUT2D eigenvalue weighted by molar-refractivity contribution is 9.10. The van der Waals surface area contributed by atoms with Crippen LogP contribution in [0.25, 0.3) is 6.08 Å². The Balaban J connectivity index is 1.87. The van der Waals surface area contributed by atoms with E-state index in [0.29, 0.717) is 21.5 Å². The minimum atomic E-state index is -0.101. The molecule has 0 spiro atoms. The summed E-state index contributed by atoms with van der Waals surface area (Å²) in [5, 5.41) is 0. The summed E-state index contributed by atoms with van der Waals surface area (Å²) in [6.07, 6.45) is 5.25. The van der Waals surface area contributed by atoms with Crippen LogP contribution in [0.15, 0.2) is 52.1 Å². The number of benzene rings is 1. The standard InChI is InChI=1S/C17H13BrN2O2S2/c1-22-14-5-4-13(18)7-12(14)8-15-16(21)20(17(23)24-15)10-11-3-2-6-19-9-11/h2-9H,10H2,1H3/b15-8-. The number of hydrogen-bond acceptors (Lipinski definition) is 5. The summed E-state index contributed by atoms with van der Waals surface area (Å²) in [6.45, 7) is 0.422. The maximum absolute atomic E-state index is 12.7. The summed E-state index contributed by atoms with van der Waals surface area (Å²) < 4.78 is 6.82. The lowest BCUT2D eigenvalue weighted by Gasteiger charge is -2.13. The van der Waals surface area contributed by atoms with E-state index in [0.717, 1.165) is 15.6 Å². The fourth-order valence-corrected chi connectivity index (χ4v) is 3.89. The van der Waals surface area contributed by atoms with E-state index in [1.54, 1.807) is 24.4 Å². The lowest BCUT2D eigenvalue weighted by molar-refractivity contribution is -0.122. The molecule has 4 nitrogen and oxygen atoms in total. The average Bonchev–Trinajstić information content (AvgIpc) is 2.84. The van der Waals surface area contributed by atoms with Crippen molar-refractivity contribution in [1.82, 2.24) is 9.88 Å². The molecule has 3 rings (SSSR count). The van der Waals surface area contributed by atoms with E-state index in [9.17, 15) is 4.79 Å². The highest BCUT2D eigenvalue weighted by Gasteiger charge is 2.32. The Bertz CT molecular complexity index is 825. The Hall–Kier alpha value is -1.70. The van der Waals surface area contributed by atoms with E-state index in [4.69, 9.17) is 17.0 Å². The normalized spacial score (nSPS) is 16.1. The van der Waals surface area contributed by atoms with Gasteiger partial charge in [-0.2, -0.15) is 0 Å². The van der Waals surface area contributed by atoms with Crippen molar-refractivity contribution in [2.45, 2.75) is 6.54 Å². The van der Waals surface area contributed by atoms with E-state index >= 15 is 0 Å². The van der Waals surface area contributed by atoms with Gasteiger partial charge in [-0.3, -0.25) is 14.7 Å². The van der Waals surface area contributed by atoms with Crippen LogP contribution >= 0.6 is 39.9 Å². The van der Waals surface area contributed by atoms with Crippen LogP contribution in [-0.2, 0) is 11.3 Å². The minimum Gasteiger partial charge on any atom is -0.496 e. The summed E-state index contributed by atoms with van der Waals surface area (Å²) in [5.41, 5.74) is 1.77. The van der Waals surface area contributed by atoms with Crippen LogP contribution in [0.1, 0.15) is 11.1 Å². The predicted molar refractivity (Wildman–Crippen MR) is 104 cm³/mol. The summed E-state index contributed by atoms with van der Waals surface area (Å²) in [5.74, 6) is 0.603. The second-order valence-electron chi connectivity index (χ2n) is 5.02. The Morgan fingerprint density at radius 1 is 1.42 bits per heavy atom. The van der Waals surface area contributed by atoms with Crippen molar-refractivity contribution in [2.24, 2.45) is 0 Å². The Morgan fingerprint density at radius 2 is 2.25 bits per heavy atom. The van der Waals surface area contributed by atoms with Gasteiger partial charge in [0.05, 0.1) is 18.6 Å². The summed E-state index contributed by atoms with van der Waals surface area (Å²) in [6, 6.07) is 9.42. The number of hydrogen-bond donors (Lipinski definition) is 0. The third-order valence-corrected chi connectivity index (χ3v) is 5.29. The number of thioether (sulfide) groups is 1. The van der Waals surface area contributed by atoms with Gasteiger partial charge < -0.3 is 4.74 Å². The number of carbonyl (C=O) groups is 1. The average molecular weight is 421 g/mol. The molecule has 1 fully saturated rings. The third kappa shape index (κ3) is 3.68. The van der Waals surface area contributed by atoms with Crippen LogP contribution in [0.4, 0.5) is 0 Å². The molecule has 7 heteroatoms. The van der Waals surface area contributed by atoms with Gasteiger partial charge in [-0.25, -0.2) is 0 Å². The number of ether oxygens (including phenoxy) is 1. The predicted octanol–water partition coefficient (Wildman–Crippen LogP) is 4.25. The number of carbonyl (C=O) groups excluding carboxylic acids is 1. The molecule has 1 aliphatic rings. The molecule has 122 valence electrons. The van der Waals surface area contributed by atoms with Gasteiger partial charge in [0.1, 0.15) is 10.1 Å². The Labute approximate surface area is 158 Å². The zero-order valence-electron chi connectivity index (χ0n) is 12.7. The van der Waals surface area contributed by atoms with Crippen molar-refractivity contribution in [3.05, 3.63) is 63.2 Å². The highest BCUT2D eigenvalue weighted by Crippen LogP contribution is 2.35. The first-order valence-corrected chi connectivity index (χ1v) is 9.08. The SMILES string of the molecule is COc1ccc(Br)cc1/C=C1\SC(=S)N(Cc2cccnc2)C1=O. The van der Waals surface area contributed by atoms with Gasteiger partial charge in [-0.15, -0.1) is 0 Å².